The van der Waals surface area contributed by atoms with E-state index in [0.29, 0.717) is 37.5 Å². The van der Waals surface area contributed by atoms with Crippen LogP contribution < -0.4 is 5.32 Å². The molecule has 1 N–H and O–H groups in total. The zero-order chi connectivity index (χ0) is 15.0. The van der Waals surface area contributed by atoms with Crippen LogP contribution in [0.1, 0.15) is 31.4 Å². The molecule has 0 spiro atoms. The summed E-state index contributed by atoms with van der Waals surface area (Å²) in [6.07, 6.45) is 2.64. The minimum absolute atomic E-state index is 0.119. The van der Waals surface area contributed by atoms with Crippen LogP contribution in [0.5, 0.6) is 0 Å². The van der Waals surface area contributed by atoms with Crippen LogP contribution in [0.3, 0.4) is 0 Å². The molecule has 1 aliphatic heterocycles. The Morgan fingerprint density at radius 3 is 2.52 bits per heavy atom. The van der Waals surface area contributed by atoms with Crippen LogP contribution in [-0.4, -0.2) is 42.1 Å². The van der Waals surface area contributed by atoms with E-state index in [9.17, 15) is 13.2 Å². The first-order valence-electron chi connectivity index (χ1n) is 7.20. The average molecular weight is 313 g/mol. The molecule has 1 aliphatic carbocycles. The van der Waals surface area contributed by atoms with E-state index in [2.05, 4.69) is 10.5 Å². The zero-order valence-corrected chi connectivity index (χ0v) is 12.7. The maximum absolute atomic E-state index is 12.1. The largest absolute Gasteiger partial charge is 0.360 e. The van der Waals surface area contributed by atoms with Gasteiger partial charge in [-0.05, 0) is 32.6 Å². The second-order valence-electron chi connectivity index (χ2n) is 5.73. The van der Waals surface area contributed by atoms with Gasteiger partial charge in [0.1, 0.15) is 5.76 Å². The molecule has 0 atom stereocenters. The first-order valence-corrected chi connectivity index (χ1v) is 8.70. The van der Waals surface area contributed by atoms with Gasteiger partial charge in [0.25, 0.3) is 0 Å². The first-order chi connectivity index (χ1) is 9.96. The molecule has 1 saturated carbocycles. The smallest absolute Gasteiger partial charge is 0.228 e. The van der Waals surface area contributed by atoms with Gasteiger partial charge in [0.15, 0.2) is 5.82 Å². The average Bonchev–Trinajstić information content (AvgIpc) is 3.24. The molecule has 1 saturated heterocycles. The molecule has 1 amide bonds. The highest BCUT2D eigenvalue weighted by Gasteiger charge is 2.41. The van der Waals surface area contributed by atoms with Crippen molar-refractivity contribution in [2.24, 2.45) is 5.92 Å². The molecule has 116 valence electrons. The summed E-state index contributed by atoms with van der Waals surface area (Å²) in [7, 11) is -3.12. The van der Waals surface area contributed by atoms with Gasteiger partial charge in [0.05, 0.1) is 5.25 Å². The molecule has 0 unspecified atom stereocenters. The fraction of sp³-hybridized carbons (Fsp3) is 0.692. The van der Waals surface area contributed by atoms with Crippen LogP contribution in [-0.2, 0) is 14.8 Å². The summed E-state index contributed by atoms with van der Waals surface area (Å²) in [6.45, 7) is 2.60. The van der Waals surface area contributed by atoms with Gasteiger partial charge >= 0.3 is 0 Å². The number of hydrogen-bond donors (Lipinski definition) is 1. The van der Waals surface area contributed by atoms with Crippen molar-refractivity contribution >= 4 is 21.7 Å². The third-order valence-electron chi connectivity index (χ3n) is 4.01. The maximum Gasteiger partial charge on any atom is 0.228 e. The van der Waals surface area contributed by atoms with E-state index in [1.807, 2.05) is 0 Å². The Hall–Kier alpha value is -1.41. The van der Waals surface area contributed by atoms with Crippen LogP contribution in [0, 0.1) is 12.8 Å². The Morgan fingerprint density at radius 2 is 2.00 bits per heavy atom. The lowest BCUT2D eigenvalue weighted by Crippen LogP contribution is -2.42. The van der Waals surface area contributed by atoms with Crippen molar-refractivity contribution in [3.05, 3.63) is 11.8 Å². The molecule has 21 heavy (non-hydrogen) atoms. The molecule has 2 aliphatic rings. The van der Waals surface area contributed by atoms with Gasteiger partial charge < -0.3 is 9.84 Å². The number of nitrogens with one attached hydrogen (secondary N) is 1. The van der Waals surface area contributed by atoms with Crippen LogP contribution in [0.2, 0.25) is 0 Å². The van der Waals surface area contributed by atoms with Crippen LogP contribution >= 0.6 is 0 Å². The molecule has 8 heteroatoms. The third-order valence-corrected chi connectivity index (χ3v) is 6.41. The van der Waals surface area contributed by atoms with Crippen LogP contribution in [0.25, 0.3) is 0 Å². The van der Waals surface area contributed by atoms with Crippen molar-refractivity contribution < 1.29 is 17.7 Å². The maximum atomic E-state index is 12.1. The van der Waals surface area contributed by atoms with Gasteiger partial charge in [-0.2, -0.15) is 0 Å². The van der Waals surface area contributed by atoms with Crippen molar-refractivity contribution in [3.8, 4) is 0 Å². The molecule has 2 fully saturated rings. The molecule has 2 heterocycles. The minimum Gasteiger partial charge on any atom is -0.360 e. The summed E-state index contributed by atoms with van der Waals surface area (Å²) in [6, 6.07) is 1.66. The van der Waals surface area contributed by atoms with E-state index in [1.165, 1.54) is 4.31 Å². The second kappa shape index (κ2) is 5.42. The molecule has 7 nitrogen and oxygen atoms in total. The predicted octanol–water partition coefficient (Wildman–Crippen LogP) is 1.13. The highest BCUT2D eigenvalue weighted by Crippen LogP contribution is 2.33. The lowest BCUT2D eigenvalue weighted by molar-refractivity contribution is -0.120. The Kier molecular flexibility index (Phi) is 3.75. The normalized spacial score (nSPS) is 21.4. The standard InChI is InChI=1S/C13H19N3O4S/c1-9-8-12(15-20-9)14-13(17)10-4-6-16(7-5-10)21(18,19)11-2-3-11/h8,10-11H,2-7H2,1H3,(H,14,15,17). The number of aryl methyl sites for hydroxylation is 1. The highest BCUT2D eigenvalue weighted by atomic mass is 32.2. The minimum atomic E-state index is -3.12. The van der Waals surface area contributed by atoms with Crippen molar-refractivity contribution in [2.45, 2.75) is 37.9 Å². The number of anilines is 1. The van der Waals surface area contributed by atoms with E-state index < -0.39 is 10.0 Å². The summed E-state index contributed by atoms with van der Waals surface area (Å²) in [5.74, 6) is 0.751. The van der Waals surface area contributed by atoms with E-state index in [4.69, 9.17) is 4.52 Å². The number of carbonyl (C=O) groups excluding carboxylic acids is 1. The quantitative estimate of drug-likeness (QED) is 0.899. The summed E-state index contributed by atoms with van der Waals surface area (Å²) in [5, 5.41) is 6.25. The lowest BCUT2D eigenvalue weighted by Gasteiger charge is -2.30. The Bertz CT molecular complexity index is 628. The number of aromatic nitrogens is 1. The van der Waals surface area contributed by atoms with Crippen molar-refractivity contribution in [2.75, 3.05) is 18.4 Å². The topological polar surface area (TPSA) is 92.5 Å². The predicted molar refractivity (Wildman–Crippen MR) is 76.1 cm³/mol. The van der Waals surface area contributed by atoms with Gasteiger partial charge in [-0.25, -0.2) is 12.7 Å². The molecule has 1 aromatic rings. The summed E-state index contributed by atoms with van der Waals surface area (Å²) in [4.78, 5) is 12.1. The monoisotopic (exact) mass is 313 g/mol. The molecular formula is C13H19N3O4S. The molecule has 0 radical (unpaired) electrons. The zero-order valence-electron chi connectivity index (χ0n) is 11.9. The van der Waals surface area contributed by atoms with Gasteiger partial charge in [-0.1, -0.05) is 5.16 Å². The van der Waals surface area contributed by atoms with E-state index in [0.717, 1.165) is 12.8 Å². The summed E-state index contributed by atoms with van der Waals surface area (Å²) < 4.78 is 30.7. The molecule has 0 aromatic carbocycles. The number of rotatable bonds is 4. The molecular weight excluding hydrogens is 294 g/mol. The van der Waals surface area contributed by atoms with E-state index in [-0.39, 0.29) is 17.1 Å². The Balaban J connectivity index is 1.54. The van der Waals surface area contributed by atoms with E-state index >= 15 is 0 Å². The number of hydrogen-bond acceptors (Lipinski definition) is 5. The number of piperidine rings is 1. The molecule has 3 rings (SSSR count). The Labute approximate surface area is 123 Å². The second-order valence-corrected chi connectivity index (χ2v) is 7.94. The van der Waals surface area contributed by atoms with Gasteiger partial charge in [-0.3, -0.25) is 4.79 Å². The number of amides is 1. The van der Waals surface area contributed by atoms with Crippen molar-refractivity contribution in [1.82, 2.24) is 9.46 Å². The summed E-state index contributed by atoms with van der Waals surface area (Å²) in [5.41, 5.74) is 0. The number of carbonyl (C=O) groups is 1. The van der Waals surface area contributed by atoms with Crippen molar-refractivity contribution in [3.63, 3.8) is 0 Å². The van der Waals surface area contributed by atoms with E-state index in [1.54, 1.807) is 13.0 Å². The fourth-order valence-electron chi connectivity index (χ4n) is 2.60. The lowest BCUT2D eigenvalue weighted by atomic mass is 9.97. The summed E-state index contributed by atoms with van der Waals surface area (Å²) >= 11 is 0. The third kappa shape index (κ3) is 3.11. The first kappa shape index (κ1) is 14.5. The number of nitrogens with zero attached hydrogens (tertiary/aromatic N) is 2. The number of sulfonamides is 1. The molecule has 1 aromatic heterocycles. The highest BCUT2D eigenvalue weighted by molar-refractivity contribution is 7.90. The Morgan fingerprint density at radius 1 is 1.33 bits per heavy atom. The van der Waals surface area contributed by atoms with Gasteiger partial charge in [0.2, 0.25) is 15.9 Å². The van der Waals surface area contributed by atoms with Crippen LogP contribution in [0.4, 0.5) is 5.82 Å². The van der Waals surface area contributed by atoms with Gasteiger partial charge in [0, 0.05) is 25.1 Å². The van der Waals surface area contributed by atoms with Gasteiger partial charge in [-0.15, -0.1) is 0 Å². The molecule has 0 bridgehead atoms. The fourth-order valence-corrected chi connectivity index (χ4v) is 4.48. The van der Waals surface area contributed by atoms with Crippen LogP contribution in [0.15, 0.2) is 10.6 Å². The SMILES string of the molecule is Cc1cc(NC(=O)C2CCN(S(=O)(=O)C3CC3)CC2)no1. The van der Waals surface area contributed by atoms with Crippen molar-refractivity contribution in [1.29, 1.82) is 0 Å².